The maximum atomic E-state index is 11.6. The molecule has 1 aromatic rings. The van der Waals surface area contributed by atoms with E-state index in [9.17, 15) is 15.0 Å². The van der Waals surface area contributed by atoms with Crippen LogP contribution in [0.15, 0.2) is 30.3 Å². The average Bonchev–Trinajstić information content (AvgIpc) is 2.41. The Morgan fingerprint density at radius 3 is 2.45 bits per heavy atom. The first kappa shape index (κ1) is 16.8. The number of β-amino-alcohol motifs (C(OH)–C–C–N with tert-alkyl or cyclic N) is 1. The molecule has 0 unspecified atom stereocenters. The molecule has 2 N–H and O–H groups in total. The number of aliphatic hydroxyl groups excluding tert-OH is 1. The fraction of sp³-hybridized carbons (Fsp3) is 0.588. The molecule has 0 spiro atoms. The van der Waals surface area contributed by atoms with Crippen molar-refractivity contribution in [3.63, 3.8) is 0 Å². The second-order valence-electron chi connectivity index (χ2n) is 6.97. The quantitative estimate of drug-likeness (QED) is 0.900. The Labute approximate surface area is 132 Å². The van der Waals surface area contributed by atoms with Crippen LogP contribution in [0, 0.1) is 0 Å². The third-order valence-corrected chi connectivity index (χ3v) is 4.14. The number of aliphatic hydroxyl groups is 1. The normalized spacial score (nSPS) is 23.3. The van der Waals surface area contributed by atoms with E-state index in [1.54, 1.807) is 0 Å². The summed E-state index contributed by atoms with van der Waals surface area (Å²) in [7, 11) is 0. The predicted molar refractivity (Wildman–Crippen MR) is 85.7 cm³/mol. The van der Waals surface area contributed by atoms with Gasteiger partial charge in [-0.1, -0.05) is 30.3 Å². The molecule has 1 fully saturated rings. The third-order valence-electron chi connectivity index (χ3n) is 4.14. The molecule has 1 amide bonds. The molecular weight excluding hydrogens is 280 g/mol. The maximum Gasteiger partial charge on any atom is 0.408 e. The molecule has 5 heteroatoms. The number of rotatable bonds is 3. The summed E-state index contributed by atoms with van der Waals surface area (Å²) >= 11 is 0. The minimum Gasteiger partial charge on any atom is -0.465 e. The van der Waals surface area contributed by atoms with Crippen LogP contribution in [-0.4, -0.2) is 56.9 Å². The average molecular weight is 306 g/mol. The van der Waals surface area contributed by atoms with Crippen molar-refractivity contribution in [2.75, 3.05) is 13.1 Å². The lowest BCUT2D eigenvalue weighted by atomic mass is 9.94. The summed E-state index contributed by atoms with van der Waals surface area (Å²) in [6.07, 6.45) is -0.974. The number of nitrogens with zero attached hydrogens (tertiary/aromatic N) is 2. The van der Waals surface area contributed by atoms with Gasteiger partial charge in [-0.05, 0) is 32.8 Å². The Hall–Kier alpha value is -1.59. The first-order valence-corrected chi connectivity index (χ1v) is 7.75. The van der Waals surface area contributed by atoms with Gasteiger partial charge in [0.25, 0.3) is 0 Å². The summed E-state index contributed by atoms with van der Waals surface area (Å²) in [6.45, 7) is 7.67. The van der Waals surface area contributed by atoms with Gasteiger partial charge in [0.2, 0.25) is 0 Å². The van der Waals surface area contributed by atoms with Gasteiger partial charge < -0.3 is 10.2 Å². The fourth-order valence-corrected chi connectivity index (χ4v) is 3.20. The highest BCUT2D eigenvalue weighted by Crippen LogP contribution is 2.25. The van der Waals surface area contributed by atoms with E-state index in [4.69, 9.17) is 0 Å². The van der Waals surface area contributed by atoms with Crippen LogP contribution in [0.1, 0.15) is 32.8 Å². The molecule has 1 saturated heterocycles. The number of piperidine rings is 1. The second-order valence-corrected chi connectivity index (χ2v) is 6.97. The zero-order valence-corrected chi connectivity index (χ0v) is 13.6. The molecule has 1 heterocycles. The molecule has 0 aliphatic carbocycles. The monoisotopic (exact) mass is 306 g/mol. The highest BCUT2D eigenvalue weighted by Gasteiger charge is 2.39. The molecule has 1 aliphatic heterocycles. The summed E-state index contributed by atoms with van der Waals surface area (Å²) in [5.41, 5.74) is 0.693. The molecule has 122 valence electrons. The van der Waals surface area contributed by atoms with Gasteiger partial charge in [-0.3, -0.25) is 9.80 Å². The molecule has 22 heavy (non-hydrogen) atoms. The fourth-order valence-electron chi connectivity index (χ4n) is 3.20. The highest BCUT2D eigenvalue weighted by atomic mass is 16.4. The van der Waals surface area contributed by atoms with E-state index in [2.05, 4.69) is 17.0 Å². The third kappa shape index (κ3) is 3.99. The molecule has 5 nitrogen and oxygen atoms in total. The van der Waals surface area contributed by atoms with Gasteiger partial charge in [0.15, 0.2) is 0 Å². The van der Waals surface area contributed by atoms with Crippen LogP contribution in [0.3, 0.4) is 0 Å². The molecule has 0 radical (unpaired) electrons. The number of hydrogen-bond donors (Lipinski definition) is 2. The van der Waals surface area contributed by atoms with E-state index in [0.717, 1.165) is 13.1 Å². The minimum absolute atomic E-state index is 0.343. The van der Waals surface area contributed by atoms with Crippen LogP contribution in [0.4, 0.5) is 4.79 Å². The van der Waals surface area contributed by atoms with E-state index in [-0.39, 0.29) is 6.04 Å². The number of hydrogen-bond acceptors (Lipinski definition) is 3. The summed E-state index contributed by atoms with van der Waals surface area (Å²) < 4.78 is 0. The molecule has 2 atom stereocenters. The SMILES string of the molecule is CC(C)(C)N(C(=O)O)[C@@H]1CCN(Cc2ccccc2)C[C@@H]1O. The minimum atomic E-state index is -0.965. The molecule has 2 rings (SSSR count). The Bertz CT molecular complexity index is 498. The molecular formula is C17H26N2O3. The van der Waals surface area contributed by atoms with Crippen molar-refractivity contribution >= 4 is 6.09 Å². The van der Waals surface area contributed by atoms with E-state index in [0.29, 0.717) is 13.0 Å². The zero-order valence-electron chi connectivity index (χ0n) is 13.6. The Morgan fingerprint density at radius 1 is 1.32 bits per heavy atom. The maximum absolute atomic E-state index is 11.6. The van der Waals surface area contributed by atoms with Crippen LogP contribution in [-0.2, 0) is 6.54 Å². The Kier molecular flexibility index (Phi) is 5.08. The van der Waals surface area contributed by atoms with Crippen molar-refractivity contribution in [3.05, 3.63) is 35.9 Å². The first-order valence-electron chi connectivity index (χ1n) is 7.75. The summed E-state index contributed by atoms with van der Waals surface area (Å²) in [5.74, 6) is 0. The van der Waals surface area contributed by atoms with Gasteiger partial charge in [-0.2, -0.15) is 0 Å². The van der Waals surface area contributed by atoms with Gasteiger partial charge in [0, 0.05) is 25.2 Å². The smallest absolute Gasteiger partial charge is 0.408 e. The summed E-state index contributed by atoms with van der Waals surface area (Å²) in [6, 6.07) is 9.78. The van der Waals surface area contributed by atoms with Crippen molar-refractivity contribution in [2.24, 2.45) is 0 Å². The lowest BCUT2D eigenvalue weighted by molar-refractivity contribution is -0.0367. The van der Waals surface area contributed by atoms with E-state index in [1.165, 1.54) is 10.5 Å². The highest BCUT2D eigenvalue weighted by molar-refractivity contribution is 5.66. The van der Waals surface area contributed by atoms with E-state index < -0.39 is 17.7 Å². The molecule has 0 saturated carbocycles. The molecule has 1 aromatic carbocycles. The summed E-state index contributed by atoms with van der Waals surface area (Å²) in [5, 5.41) is 19.9. The van der Waals surface area contributed by atoms with Crippen LogP contribution in [0.5, 0.6) is 0 Å². The number of likely N-dealkylation sites (tertiary alicyclic amines) is 1. The van der Waals surface area contributed by atoms with Gasteiger partial charge >= 0.3 is 6.09 Å². The van der Waals surface area contributed by atoms with Crippen molar-refractivity contribution in [1.82, 2.24) is 9.80 Å². The predicted octanol–water partition coefficient (Wildman–Crippen LogP) is 2.40. The van der Waals surface area contributed by atoms with Gasteiger partial charge in [0.1, 0.15) is 0 Å². The van der Waals surface area contributed by atoms with E-state index >= 15 is 0 Å². The van der Waals surface area contributed by atoms with Gasteiger partial charge in [-0.25, -0.2) is 4.79 Å². The molecule has 0 bridgehead atoms. The second kappa shape index (κ2) is 6.67. The van der Waals surface area contributed by atoms with Crippen LogP contribution >= 0.6 is 0 Å². The van der Waals surface area contributed by atoms with Crippen molar-refractivity contribution < 1.29 is 15.0 Å². The standard InChI is InChI=1S/C17H26N2O3/c1-17(2,3)19(16(21)22)14-9-10-18(12-15(14)20)11-13-7-5-4-6-8-13/h4-8,14-15,20H,9-12H2,1-3H3,(H,21,22)/t14-,15+/m1/s1. The van der Waals surface area contributed by atoms with Crippen LogP contribution in [0.2, 0.25) is 0 Å². The number of amides is 1. The lowest BCUT2D eigenvalue weighted by Crippen LogP contribution is -2.60. The van der Waals surface area contributed by atoms with Gasteiger partial charge in [-0.15, -0.1) is 0 Å². The van der Waals surface area contributed by atoms with Crippen LogP contribution in [0.25, 0.3) is 0 Å². The Morgan fingerprint density at radius 2 is 1.95 bits per heavy atom. The lowest BCUT2D eigenvalue weighted by Gasteiger charge is -2.45. The van der Waals surface area contributed by atoms with Crippen molar-refractivity contribution in [2.45, 2.75) is 51.4 Å². The summed E-state index contributed by atoms with van der Waals surface area (Å²) in [4.78, 5) is 15.1. The zero-order chi connectivity index (χ0) is 16.3. The Balaban J connectivity index is 2.02. The first-order chi connectivity index (χ1) is 10.3. The number of carboxylic acid groups (broad SMARTS) is 1. The van der Waals surface area contributed by atoms with Crippen molar-refractivity contribution in [3.8, 4) is 0 Å². The topological polar surface area (TPSA) is 64.0 Å². The van der Waals surface area contributed by atoms with E-state index in [1.807, 2.05) is 39.0 Å². The molecule has 0 aromatic heterocycles. The van der Waals surface area contributed by atoms with Crippen LogP contribution < -0.4 is 0 Å². The number of benzene rings is 1. The van der Waals surface area contributed by atoms with Gasteiger partial charge in [0.05, 0.1) is 12.1 Å². The number of carbonyl (C=O) groups is 1. The largest absolute Gasteiger partial charge is 0.465 e. The van der Waals surface area contributed by atoms with Crippen molar-refractivity contribution in [1.29, 1.82) is 0 Å². The molecule has 1 aliphatic rings.